The Labute approximate surface area is 197 Å². The quantitative estimate of drug-likeness (QED) is 0.464. The fourth-order valence-corrected chi connectivity index (χ4v) is 4.56. The van der Waals surface area contributed by atoms with Crippen molar-refractivity contribution in [3.63, 3.8) is 0 Å². The van der Waals surface area contributed by atoms with Gasteiger partial charge in [-0.25, -0.2) is 13.2 Å². The summed E-state index contributed by atoms with van der Waals surface area (Å²) in [6.07, 6.45) is 0. The maximum absolute atomic E-state index is 12.9. The fourth-order valence-electron chi connectivity index (χ4n) is 3.04. The summed E-state index contributed by atoms with van der Waals surface area (Å²) in [4.78, 5) is 24.4. The van der Waals surface area contributed by atoms with Crippen LogP contribution in [0.5, 0.6) is 0 Å². The van der Waals surface area contributed by atoms with E-state index in [0.29, 0.717) is 16.3 Å². The Balaban J connectivity index is 1.65. The molecule has 1 amide bonds. The molecule has 0 aromatic heterocycles. The van der Waals surface area contributed by atoms with Crippen molar-refractivity contribution in [2.45, 2.75) is 25.3 Å². The van der Waals surface area contributed by atoms with E-state index in [9.17, 15) is 18.0 Å². The van der Waals surface area contributed by atoms with E-state index in [4.69, 9.17) is 16.3 Å². The van der Waals surface area contributed by atoms with Crippen molar-refractivity contribution in [2.24, 2.45) is 0 Å². The van der Waals surface area contributed by atoms with Gasteiger partial charge in [0.05, 0.1) is 10.5 Å². The molecule has 3 aromatic rings. The SMILES string of the molecule is Cc1cccc(NS(=O)(=O)c2cc(C(=O)OCC(=O)NCc3ccccc3Cl)ccc2C)c1. The monoisotopic (exact) mass is 486 g/mol. The number of amides is 1. The molecule has 2 N–H and O–H groups in total. The van der Waals surface area contributed by atoms with E-state index in [1.165, 1.54) is 18.2 Å². The van der Waals surface area contributed by atoms with Crippen LogP contribution in [0.3, 0.4) is 0 Å². The summed E-state index contributed by atoms with van der Waals surface area (Å²) in [7, 11) is -3.94. The van der Waals surface area contributed by atoms with E-state index < -0.39 is 28.5 Å². The Morgan fingerprint density at radius 3 is 2.45 bits per heavy atom. The maximum atomic E-state index is 12.9. The summed E-state index contributed by atoms with van der Waals surface area (Å²) in [6, 6.07) is 18.2. The number of halogens is 1. The van der Waals surface area contributed by atoms with Gasteiger partial charge in [0.1, 0.15) is 0 Å². The second-order valence-electron chi connectivity index (χ2n) is 7.40. The van der Waals surface area contributed by atoms with Crippen LogP contribution in [-0.4, -0.2) is 26.9 Å². The van der Waals surface area contributed by atoms with Gasteiger partial charge in [-0.2, -0.15) is 0 Å². The topological polar surface area (TPSA) is 102 Å². The second-order valence-corrected chi connectivity index (χ2v) is 9.46. The van der Waals surface area contributed by atoms with Crippen molar-refractivity contribution < 1.29 is 22.7 Å². The van der Waals surface area contributed by atoms with E-state index in [0.717, 1.165) is 11.1 Å². The minimum Gasteiger partial charge on any atom is -0.452 e. The van der Waals surface area contributed by atoms with Gasteiger partial charge in [0, 0.05) is 17.3 Å². The van der Waals surface area contributed by atoms with Gasteiger partial charge in [-0.15, -0.1) is 0 Å². The predicted molar refractivity (Wildman–Crippen MR) is 127 cm³/mol. The summed E-state index contributed by atoms with van der Waals surface area (Å²) < 4.78 is 33.3. The fraction of sp³-hybridized carbons (Fsp3) is 0.167. The number of ether oxygens (including phenoxy) is 1. The molecule has 0 bridgehead atoms. The minimum atomic E-state index is -3.94. The molecule has 0 fully saturated rings. The first-order chi connectivity index (χ1) is 15.7. The van der Waals surface area contributed by atoms with E-state index in [1.54, 1.807) is 49.4 Å². The molecule has 172 valence electrons. The minimum absolute atomic E-state index is 0.0177. The van der Waals surface area contributed by atoms with E-state index >= 15 is 0 Å². The van der Waals surface area contributed by atoms with E-state index in [-0.39, 0.29) is 17.0 Å². The van der Waals surface area contributed by atoms with Crippen LogP contribution in [0.2, 0.25) is 5.02 Å². The number of nitrogens with one attached hydrogen (secondary N) is 2. The van der Waals surface area contributed by atoms with Gasteiger partial charge in [0.15, 0.2) is 6.61 Å². The average molecular weight is 487 g/mol. The summed E-state index contributed by atoms with van der Waals surface area (Å²) in [5, 5.41) is 3.13. The predicted octanol–water partition coefficient (Wildman–Crippen LogP) is 4.23. The molecule has 9 heteroatoms. The number of sulfonamides is 1. The zero-order valence-electron chi connectivity index (χ0n) is 18.1. The normalized spacial score (nSPS) is 11.0. The van der Waals surface area contributed by atoms with Crippen molar-refractivity contribution in [3.05, 3.63) is 94.0 Å². The molecule has 0 saturated heterocycles. The number of carbonyl (C=O) groups excluding carboxylic acids is 2. The molecule has 0 aliphatic rings. The molecule has 0 heterocycles. The lowest BCUT2D eigenvalue weighted by atomic mass is 10.1. The highest BCUT2D eigenvalue weighted by Gasteiger charge is 2.20. The first kappa shape index (κ1) is 24.3. The molecule has 33 heavy (non-hydrogen) atoms. The van der Waals surface area contributed by atoms with Crippen LogP contribution < -0.4 is 10.0 Å². The molecule has 3 aromatic carbocycles. The second kappa shape index (κ2) is 10.5. The van der Waals surface area contributed by atoms with Gasteiger partial charge in [-0.1, -0.05) is 48.0 Å². The Hall–Kier alpha value is -3.36. The highest BCUT2D eigenvalue weighted by atomic mass is 35.5. The zero-order chi connectivity index (χ0) is 24.0. The summed E-state index contributed by atoms with van der Waals surface area (Å²) >= 11 is 6.05. The van der Waals surface area contributed by atoms with Gasteiger partial charge in [0.25, 0.3) is 15.9 Å². The molecule has 0 aliphatic carbocycles. The standard InChI is InChI=1S/C24H23ClN2O5S/c1-16-6-5-8-20(12-16)27-33(30,31)22-13-18(11-10-17(22)2)24(29)32-15-23(28)26-14-19-7-3-4-9-21(19)25/h3-13,27H,14-15H2,1-2H3,(H,26,28). The number of hydrogen-bond donors (Lipinski definition) is 2. The van der Waals surface area contributed by atoms with Gasteiger partial charge < -0.3 is 10.1 Å². The lowest BCUT2D eigenvalue weighted by Gasteiger charge is -2.12. The van der Waals surface area contributed by atoms with Crippen molar-refractivity contribution in [2.75, 3.05) is 11.3 Å². The molecule has 0 atom stereocenters. The summed E-state index contributed by atoms with van der Waals surface area (Å²) in [6.45, 7) is 3.15. The van der Waals surface area contributed by atoms with Crippen LogP contribution in [0, 0.1) is 13.8 Å². The highest BCUT2D eigenvalue weighted by Crippen LogP contribution is 2.22. The van der Waals surface area contributed by atoms with Crippen LogP contribution in [0.25, 0.3) is 0 Å². The Morgan fingerprint density at radius 2 is 1.73 bits per heavy atom. The van der Waals surface area contributed by atoms with E-state index in [2.05, 4.69) is 10.0 Å². The smallest absolute Gasteiger partial charge is 0.338 e. The van der Waals surface area contributed by atoms with Crippen LogP contribution in [0.15, 0.2) is 71.6 Å². The Kier molecular flexibility index (Phi) is 7.73. The average Bonchev–Trinajstić information content (AvgIpc) is 2.76. The number of esters is 1. The Bertz CT molecular complexity index is 1290. The number of hydrogen-bond acceptors (Lipinski definition) is 5. The third kappa shape index (κ3) is 6.57. The number of aryl methyl sites for hydroxylation is 2. The third-order valence-electron chi connectivity index (χ3n) is 4.75. The van der Waals surface area contributed by atoms with Gasteiger partial charge >= 0.3 is 5.97 Å². The number of anilines is 1. The third-order valence-corrected chi connectivity index (χ3v) is 6.64. The van der Waals surface area contributed by atoms with Crippen molar-refractivity contribution >= 4 is 39.2 Å². The van der Waals surface area contributed by atoms with Crippen LogP contribution in [0.4, 0.5) is 5.69 Å². The van der Waals surface area contributed by atoms with Crippen LogP contribution in [0.1, 0.15) is 27.0 Å². The number of carbonyl (C=O) groups is 2. The van der Waals surface area contributed by atoms with Crippen LogP contribution in [-0.2, 0) is 26.1 Å². The number of benzene rings is 3. The Morgan fingerprint density at radius 1 is 0.970 bits per heavy atom. The summed E-state index contributed by atoms with van der Waals surface area (Å²) in [5.41, 5.74) is 2.52. The first-order valence-electron chi connectivity index (χ1n) is 10.0. The molecular weight excluding hydrogens is 464 g/mol. The van der Waals surface area contributed by atoms with Gasteiger partial charge in [0.2, 0.25) is 0 Å². The van der Waals surface area contributed by atoms with Gasteiger partial charge in [-0.3, -0.25) is 9.52 Å². The zero-order valence-corrected chi connectivity index (χ0v) is 19.7. The largest absolute Gasteiger partial charge is 0.452 e. The van der Waals surface area contributed by atoms with Crippen molar-refractivity contribution in [3.8, 4) is 0 Å². The van der Waals surface area contributed by atoms with Crippen molar-refractivity contribution in [1.82, 2.24) is 5.32 Å². The molecule has 0 saturated carbocycles. The molecular formula is C24H23ClN2O5S. The lowest BCUT2D eigenvalue weighted by molar-refractivity contribution is -0.124. The maximum Gasteiger partial charge on any atom is 0.338 e. The molecule has 0 spiro atoms. The number of rotatable bonds is 8. The summed E-state index contributed by atoms with van der Waals surface area (Å²) in [5.74, 6) is -1.32. The lowest BCUT2D eigenvalue weighted by Crippen LogP contribution is -2.28. The van der Waals surface area contributed by atoms with Gasteiger partial charge in [-0.05, 0) is 60.9 Å². The molecule has 7 nitrogen and oxygen atoms in total. The van der Waals surface area contributed by atoms with Crippen molar-refractivity contribution in [1.29, 1.82) is 0 Å². The molecule has 0 radical (unpaired) electrons. The molecule has 3 rings (SSSR count). The highest BCUT2D eigenvalue weighted by molar-refractivity contribution is 7.92. The molecule has 0 aliphatic heterocycles. The molecule has 0 unspecified atom stereocenters. The first-order valence-corrected chi connectivity index (χ1v) is 11.9. The van der Waals surface area contributed by atoms with Crippen LogP contribution >= 0.6 is 11.6 Å². The van der Waals surface area contributed by atoms with E-state index in [1.807, 2.05) is 13.0 Å².